The van der Waals surface area contributed by atoms with Crippen molar-refractivity contribution in [1.29, 1.82) is 5.26 Å². The third kappa shape index (κ3) is 7.90. The Morgan fingerprint density at radius 1 is 0.980 bits per heavy atom. The fourth-order valence-electron chi connectivity index (χ4n) is 6.51. The maximum Gasteiger partial charge on any atom is 0.307 e. The van der Waals surface area contributed by atoms with Crippen LogP contribution in [0.4, 0.5) is 5.69 Å². The number of carbonyl (C=O) groups excluding carboxylic acids is 1. The summed E-state index contributed by atoms with van der Waals surface area (Å²) in [6.45, 7) is 8.03. The molecule has 0 unspecified atom stereocenters. The normalized spacial score (nSPS) is 18.2. The Bertz CT molecular complexity index is 1940. The van der Waals surface area contributed by atoms with Crippen LogP contribution < -0.4 is 5.32 Å². The summed E-state index contributed by atoms with van der Waals surface area (Å²) in [5.74, 6) is -1.39. The molecule has 2 saturated heterocycles. The first-order valence-corrected chi connectivity index (χ1v) is 16.4. The number of anilines is 1. The highest BCUT2D eigenvalue weighted by Gasteiger charge is 2.28. The average molecular weight is 658 g/mol. The number of hydrogen-bond acceptors (Lipinski definition) is 9. The van der Waals surface area contributed by atoms with Crippen LogP contribution >= 0.6 is 0 Å². The van der Waals surface area contributed by atoms with E-state index in [2.05, 4.69) is 36.1 Å². The number of aliphatic carboxylic acids is 1. The minimum atomic E-state index is -0.742. The fraction of sp³-hybridized carbons (Fsp3) is 0.316. The average Bonchev–Trinajstić information content (AvgIpc) is 3.74. The number of carboxylic acids is 1. The molecule has 250 valence electrons. The minimum Gasteiger partial charge on any atom is -0.481 e. The third-order valence-electron chi connectivity index (χ3n) is 9.34. The zero-order valence-electron chi connectivity index (χ0n) is 27.6. The lowest BCUT2D eigenvalue weighted by molar-refractivity contribution is -0.141. The van der Waals surface area contributed by atoms with Crippen molar-refractivity contribution in [1.82, 2.24) is 24.8 Å². The molecular formula is C38H39N7O4. The molecule has 11 heteroatoms. The molecule has 4 aromatic rings. The summed E-state index contributed by atoms with van der Waals surface area (Å²) in [4.78, 5) is 42.3. The number of likely N-dealkylation sites (tertiary alicyclic amines) is 2. The lowest BCUT2D eigenvalue weighted by atomic mass is 9.95. The van der Waals surface area contributed by atoms with Gasteiger partial charge in [0.2, 0.25) is 0 Å². The van der Waals surface area contributed by atoms with E-state index in [0.717, 1.165) is 53.0 Å². The van der Waals surface area contributed by atoms with Gasteiger partial charge in [-0.15, -0.1) is 0 Å². The van der Waals surface area contributed by atoms with Crippen LogP contribution in [-0.4, -0.2) is 79.1 Å². The molecule has 2 fully saturated rings. The van der Waals surface area contributed by atoms with Crippen LogP contribution in [0, 0.1) is 31.1 Å². The molecule has 0 aliphatic carbocycles. The lowest BCUT2D eigenvalue weighted by Gasteiger charge is -2.16. The number of rotatable bonds is 10. The van der Waals surface area contributed by atoms with E-state index in [-0.39, 0.29) is 17.9 Å². The Balaban J connectivity index is 1.15. The summed E-state index contributed by atoms with van der Waals surface area (Å²) in [5, 5.41) is 32.3. The van der Waals surface area contributed by atoms with Gasteiger partial charge in [0.1, 0.15) is 11.8 Å². The summed E-state index contributed by atoms with van der Waals surface area (Å²) < 4.78 is 0. The van der Waals surface area contributed by atoms with Gasteiger partial charge in [-0.2, -0.15) is 5.26 Å². The van der Waals surface area contributed by atoms with Crippen molar-refractivity contribution in [2.45, 2.75) is 45.9 Å². The molecule has 11 nitrogen and oxygen atoms in total. The van der Waals surface area contributed by atoms with Crippen molar-refractivity contribution in [3.05, 3.63) is 106 Å². The number of carbonyl (C=O) groups is 2. The predicted octanol–water partition coefficient (Wildman–Crippen LogP) is 4.92. The number of carboxylic acid groups (broad SMARTS) is 1. The minimum absolute atomic E-state index is 0.286. The molecular weight excluding hydrogens is 618 g/mol. The molecule has 0 saturated carbocycles. The SMILES string of the molecule is Cc1cc(/C=C/c2nccc(-c3cccc(NC(=O)c4ccc(CN5CC[C@@H](O)C5)cn4)c3C)c2C#N)ncc1CN1CC[C@@H](C(=O)O)C1. The molecule has 6 rings (SSSR count). The number of aliphatic hydroxyl groups is 1. The van der Waals surface area contributed by atoms with Crippen LogP contribution in [0.25, 0.3) is 23.3 Å². The number of amides is 1. The van der Waals surface area contributed by atoms with Gasteiger partial charge in [-0.25, -0.2) is 0 Å². The largest absolute Gasteiger partial charge is 0.481 e. The van der Waals surface area contributed by atoms with Gasteiger partial charge in [-0.05, 0) is 97.5 Å². The van der Waals surface area contributed by atoms with Gasteiger partial charge in [-0.1, -0.05) is 18.2 Å². The predicted molar refractivity (Wildman–Crippen MR) is 186 cm³/mol. The van der Waals surface area contributed by atoms with E-state index in [4.69, 9.17) is 0 Å². The van der Waals surface area contributed by atoms with Gasteiger partial charge >= 0.3 is 5.97 Å². The van der Waals surface area contributed by atoms with E-state index in [1.807, 2.05) is 56.5 Å². The van der Waals surface area contributed by atoms with Gasteiger partial charge in [0, 0.05) is 62.6 Å². The second kappa shape index (κ2) is 14.9. The molecule has 2 aliphatic heterocycles. The van der Waals surface area contributed by atoms with Gasteiger partial charge in [0.25, 0.3) is 5.91 Å². The van der Waals surface area contributed by atoms with Crippen LogP contribution in [0.15, 0.2) is 61.1 Å². The summed E-state index contributed by atoms with van der Waals surface area (Å²) >= 11 is 0. The summed E-state index contributed by atoms with van der Waals surface area (Å²) in [6.07, 6.45) is 9.94. The second-order valence-corrected chi connectivity index (χ2v) is 12.8. The number of nitriles is 1. The van der Waals surface area contributed by atoms with Crippen LogP contribution in [0.1, 0.15) is 62.5 Å². The van der Waals surface area contributed by atoms with E-state index in [0.29, 0.717) is 60.8 Å². The molecule has 0 bridgehead atoms. The molecule has 1 aromatic carbocycles. The zero-order chi connectivity index (χ0) is 34.5. The zero-order valence-corrected chi connectivity index (χ0v) is 27.6. The van der Waals surface area contributed by atoms with Crippen molar-refractivity contribution >= 4 is 29.7 Å². The van der Waals surface area contributed by atoms with Crippen molar-refractivity contribution in [2.24, 2.45) is 5.92 Å². The monoisotopic (exact) mass is 657 g/mol. The Morgan fingerprint density at radius 3 is 2.49 bits per heavy atom. The molecule has 0 radical (unpaired) electrons. The highest BCUT2D eigenvalue weighted by atomic mass is 16.4. The molecule has 3 N–H and O–H groups in total. The molecule has 49 heavy (non-hydrogen) atoms. The maximum atomic E-state index is 13.2. The van der Waals surface area contributed by atoms with Gasteiger partial charge in [0.15, 0.2) is 0 Å². The number of benzene rings is 1. The first-order chi connectivity index (χ1) is 23.7. The Morgan fingerprint density at radius 2 is 1.80 bits per heavy atom. The van der Waals surface area contributed by atoms with E-state index < -0.39 is 5.97 Å². The quantitative estimate of drug-likeness (QED) is 0.214. The van der Waals surface area contributed by atoms with Crippen molar-refractivity contribution in [3.63, 3.8) is 0 Å². The number of pyridine rings is 3. The molecule has 2 aliphatic rings. The fourth-order valence-corrected chi connectivity index (χ4v) is 6.51. The number of nitrogens with one attached hydrogen (secondary N) is 1. The molecule has 0 spiro atoms. The first kappa shape index (κ1) is 33.6. The summed E-state index contributed by atoms with van der Waals surface area (Å²) in [5.41, 5.74) is 7.93. The topological polar surface area (TPSA) is 156 Å². The second-order valence-electron chi connectivity index (χ2n) is 12.8. The van der Waals surface area contributed by atoms with Crippen LogP contribution in [0.2, 0.25) is 0 Å². The van der Waals surface area contributed by atoms with Crippen molar-refractivity contribution < 1.29 is 19.8 Å². The highest BCUT2D eigenvalue weighted by Crippen LogP contribution is 2.32. The van der Waals surface area contributed by atoms with Crippen molar-refractivity contribution in [3.8, 4) is 17.2 Å². The van der Waals surface area contributed by atoms with Crippen LogP contribution in [-0.2, 0) is 17.9 Å². The maximum absolute atomic E-state index is 13.2. The van der Waals surface area contributed by atoms with Crippen LogP contribution in [0.3, 0.4) is 0 Å². The standard InChI is InChI=1S/C38H39N7O4/c1-24-16-29(41-19-28(24)22-45-14-11-27(21-45)38(48)49)7-9-35-33(17-39)32(10-13-40-35)31-4-3-5-34(25(31)2)43-37(47)36-8-6-26(18-42-36)20-44-15-12-30(46)23-44/h3-10,13,16,18-19,27,30,46H,11-12,14-15,20-23H2,1-2H3,(H,43,47)(H,48,49)/b9-7+/t27-,30-/m1/s1. The van der Waals surface area contributed by atoms with E-state index in [9.17, 15) is 25.1 Å². The first-order valence-electron chi connectivity index (χ1n) is 16.4. The number of aryl methyl sites for hydroxylation is 1. The third-order valence-corrected chi connectivity index (χ3v) is 9.34. The molecule has 2 atom stereocenters. The number of nitrogens with zero attached hydrogens (tertiary/aromatic N) is 6. The number of hydrogen-bond donors (Lipinski definition) is 3. The molecule has 1 amide bonds. The Kier molecular flexibility index (Phi) is 10.2. The number of aliphatic hydroxyl groups excluding tert-OH is 1. The van der Waals surface area contributed by atoms with E-state index in [1.54, 1.807) is 30.6 Å². The lowest BCUT2D eigenvalue weighted by Crippen LogP contribution is -2.23. The van der Waals surface area contributed by atoms with Gasteiger partial charge in [0.05, 0.1) is 29.0 Å². The number of aromatic nitrogens is 3. The molecule has 3 aromatic heterocycles. The summed E-state index contributed by atoms with van der Waals surface area (Å²) in [6, 6.07) is 15.3. The van der Waals surface area contributed by atoms with Crippen molar-refractivity contribution in [2.75, 3.05) is 31.5 Å². The molecule has 5 heterocycles. The number of β-amino-alcohol motifs (C(OH)–C–C–N with tert-alkyl or cyclic N) is 1. The van der Waals surface area contributed by atoms with E-state index in [1.165, 1.54) is 0 Å². The Labute approximate surface area is 285 Å². The van der Waals surface area contributed by atoms with Crippen LogP contribution in [0.5, 0.6) is 0 Å². The highest BCUT2D eigenvalue weighted by molar-refractivity contribution is 6.03. The smallest absolute Gasteiger partial charge is 0.307 e. The van der Waals surface area contributed by atoms with Gasteiger partial charge < -0.3 is 15.5 Å². The van der Waals surface area contributed by atoms with E-state index >= 15 is 0 Å². The van der Waals surface area contributed by atoms with Gasteiger partial charge in [-0.3, -0.25) is 34.3 Å². The summed E-state index contributed by atoms with van der Waals surface area (Å²) in [7, 11) is 0. The Hall–Kier alpha value is -5.28.